The number of carbonyl (C=O) groups is 2. The minimum absolute atomic E-state index is 0.0440. The molecule has 3 amide bonds. The Balaban J connectivity index is 2.25. The molecule has 3 N–H and O–H groups in total. The van der Waals surface area contributed by atoms with Gasteiger partial charge >= 0.3 is 12.1 Å². The van der Waals surface area contributed by atoms with Crippen LogP contribution in [0.25, 0.3) is 0 Å². The summed E-state index contributed by atoms with van der Waals surface area (Å²) in [7, 11) is 0. The average Bonchev–Trinajstić information content (AvgIpc) is 2.76. The number of carboxylic acid groups (broad SMARTS) is 1. The lowest BCUT2D eigenvalue weighted by Crippen LogP contribution is -2.51. The molecule has 0 fully saturated rings. The molecule has 0 aliphatic heterocycles. The number of amides is 3. The van der Waals surface area contributed by atoms with Gasteiger partial charge in [0.25, 0.3) is 0 Å². The van der Waals surface area contributed by atoms with Crippen LogP contribution < -0.4 is 20.7 Å². The van der Waals surface area contributed by atoms with E-state index < -0.39 is 17.9 Å². The number of nitrogens with one attached hydrogen (secondary N) is 2. The summed E-state index contributed by atoms with van der Waals surface area (Å²) in [6.07, 6.45) is 1.34. The Morgan fingerprint density at radius 1 is 1.27 bits per heavy atom. The Kier molecular flexibility index (Phi) is 9.81. The molecule has 0 spiro atoms. The topological polar surface area (TPSA) is 134 Å². The van der Waals surface area contributed by atoms with E-state index in [-0.39, 0.29) is 24.8 Å². The Bertz CT molecular complexity index is 998. The summed E-state index contributed by atoms with van der Waals surface area (Å²) >= 11 is 3.36. The second kappa shape index (κ2) is 12.5. The van der Waals surface area contributed by atoms with Crippen molar-refractivity contribution in [1.29, 1.82) is 5.26 Å². The maximum absolute atomic E-state index is 13.4. The zero-order valence-corrected chi connectivity index (χ0v) is 19.8. The normalized spacial score (nSPS) is 10.4. The van der Waals surface area contributed by atoms with Gasteiger partial charge in [0.05, 0.1) is 4.47 Å². The number of aromatic nitrogens is 2. The minimum Gasteiger partial charge on any atom is -0.465 e. The number of hydrogen-bond acceptors (Lipinski definition) is 6. The minimum atomic E-state index is -1.11. The van der Waals surface area contributed by atoms with Crippen molar-refractivity contribution in [3.63, 3.8) is 0 Å². The van der Waals surface area contributed by atoms with Crippen molar-refractivity contribution in [2.45, 2.75) is 26.7 Å². The molecule has 0 unspecified atom stereocenters. The smallest absolute Gasteiger partial charge is 0.404 e. The quantitative estimate of drug-likeness (QED) is 0.318. The van der Waals surface area contributed by atoms with Crippen LogP contribution >= 0.6 is 15.9 Å². The summed E-state index contributed by atoms with van der Waals surface area (Å²) in [6, 6.07) is 6.89. The highest BCUT2D eigenvalue weighted by Crippen LogP contribution is 2.23. The molecule has 0 aliphatic carbocycles. The average molecular weight is 522 g/mol. The zero-order chi connectivity index (χ0) is 24.4. The zero-order valence-electron chi connectivity index (χ0n) is 18.3. The molecule has 0 saturated heterocycles. The molecule has 0 atom stereocenters. The number of halogens is 2. The van der Waals surface area contributed by atoms with Gasteiger partial charge in [-0.3, -0.25) is 9.91 Å². The van der Waals surface area contributed by atoms with Crippen LogP contribution in [0.2, 0.25) is 0 Å². The third kappa shape index (κ3) is 8.19. The summed E-state index contributed by atoms with van der Waals surface area (Å²) in [5.41, 5.74) is 3.29. The van der Waals surface area contributed by atoms with Gasteiger partial charge < -0.3 is 10.4 Å². The molecule has 176 valence electrons. The predicted molar refractivity (Wildman–Crippen MR) is 124 cm³/mol. The van der Waals surface area contributed by atoms with Crippen LogP contribution in [-0.4, -0.2) is 46.8 Å². The fourth-order valence-electron chi connectivity index (χ4n) is 2.89. The molecule has 33 heavy (non-hydrogen) atoms. The molecule has 0 aliphatic rings. The third-order valence-corrected chi connectivity index (χ3v) is 4.89. The molecule has 2 rings (SSSR count). The Morgan fingerprint density at radius 2 is 1.97 bits per heavy atom. The van der Waals surface area contributed by atoms with Crippen molar-refractivity contribution in [1.82, 2.24) is 20.7 Å². The molecule has 0 bridgehead atoms. The molecule has 0 saturated carbocycles. The molecule has 12 heteroatoms. The van der Waals surface area contributed by atoms with Gasteiger partial charge in [0, 0.05) is 31.5 Å². The van der Waals surface area contributed by atoms with Gasteiger partial charge in [-0.05, 0) is 59.0 Å². The number of urea groups is 1. The van der Waals surface area contributed by atoms with E-state index in [0.29, 0.717) is 35.4 Å². The van der Waals surface area contributed by atoms with Crippen molar-refractivity contribution in [3.05, 3.63) is 46.6 Å². The maximum atomic E-state index is 13.4. The Labute approximate surface area is 199 Å². The molecule has 1 aromatic carbocycles. The second-order valence-electron chi connectivity index (χ2n) is 7.47. The maximum Gasteiger partial charge on any atom is 0.404 e. The van der Waals surface area contributed by atoms with Crippen LogP contribution in [-0.2, 0) is 0 Å². The van der Waals surface area contributed by atoms with E-state index in [4.69, 9.17) is 10.4 Å². The number of nitrogens with zero attached hydrogens (tertiary/aromatic N) is 5. The molecule has 1 aromatic heterocycles. The van der Waals surface area contributed by atoms with Gasteiger partial charge in [0.2, 0.25) is 5.82 Å². The van der Waals surface area contributed by atoms with Gasteiger partial charge in [0.1, 0.15) is 11.9 Å². The largest absolute Gasteiger partial charge is 0.465 e. The van der Waals surface area contributed by atoms with E-state index in [1.165, 1.54) is 40.4 Å². The van der Waals surface area contributed by atoms with Gasteiger partial charge in [-0.25, -0.2) is 24.4 Å². The van der Waals surface area contributed by atoms with E-state index in [1.807, 2.05) is 19.9 Å². The van der Waals surface area contributed by atoms with E-state index in [2.05, 4.69) is 36.6 Å². The lowest BCUT2D eigenvalue weighted by Gasteiger charge is -2.31. The molecule has 0 radical (unpaired) electrons. The van der Waals surface area contributed by atoms with Crippen LogP contribution in [0.15, 0.2) is 34.9 Å². The fraction of sp³-hybridized carbons (Fsp3) is 0.381. The number of anilines is 2. The first-order chi connectivity index (χ1) is 15.7. The summed E-state index contributed by atoms with van der Waals surface area (Å²) in [6.45, 7) is 4.84. The summed E-state index contributed by atoms with van der Waals surface area (Å²) in [5.74, 6) is -0.00921. The highest BCUT2D eigenvalue weighted by atomic mass is 79.9. The first kappa shape index (κ1) is 25.8. The molecule has 2 aromatic rings. The SMILES string of the molecule is CC(C)CN(NC(=O)N(CCCCNC(=O)O)c1ccc(F)cc1)c1nc(C#N)ncc1Br. The highest BCUT2D eigenvalue weighted by Gasteiger charge is 2.22. The van der Waals surface area contributed by atoms with E-state index >= 15 is 0 Å². The van der Waals surface area contributed by atoms with Crippen LogP contribution in [0.5, 0.6) is 0 Å². The van der Waals surface area contributed by atoms with Crippen LogP contribution in [0.4, 0.5) is 25.5 Å². The number of nitriles is 1. The van der Waals surface area contributed by atoms with Crippen molar-refractivity contribution < 1.29 is 19.1 Å². The number of carbonyl (C=O) groups excluding carboxylic acids is 1. The van der Waals surface area contributed by atoms with E-state index in [9.17, 15) is 14.0 Å². The lowest BCUT2D eigenvalue weighted by molar-refractivity contribution is 0.194. The van der Waals surface area contributed by atoms with Crippen molar-refractivity contribution >= 4 is 39.6 Å². The standard InChI is InChI=1S/C21H25BrFN7O3/c1-14(2)13-30(19-17(22)12-26-18(11-24)27-19)28-20(31)29(10-4-3-9-25-21(32)33)16-7-5-15(23)6-8-16/h5-8,12,14,25H,3-4,9-10,13H2,1-2H3,(H,28,31)(H,32,33). The number of rotatable bonds is 10. The van der Waals surface area contributed by atoms with Crippen LogP contribution in [0, 0.1) is 23.1 Å². The summed E-state index contributed by atoms with van der Waals surface area (Å²) in [4.78, 5) is 33.4. The van der Waals surface area contributed by atoms with Crippen LogP contribution in [0.3, 0.4) is 0 Å². The highest BCUT2D eigenvalue weighted by molar-refractivity contribution is 9.10. The second-order valence-corrected chi connectivity index (χ2v) is 8.32. The van der Waals surface area contributed by atoms with E-state index in [0.717, 1.165) is 0 Å². The fourth-order valence-corrected chi connectivity index (χ4v) is 3.29. The molecule has 1 heterocycles. The van der Waals surface area contributed by atoms with E-state index in [1.54, 1.807) is 0 Å². The Morgan fingerprint density at radius 3 is 2.58 bits per heavy atom. The monoisotopic (exact) mass is 521 g/mol. The number of hydrogen-bond donors (Lipinski definition) is 3. The first-order valence-corrected chi connectivity index (χ1v) is 11.0. The van der Waals surface area contributed by atoms with Crippen LogP contribution in [0.1, 0.15) is 32.5 Å². The number of benzene rings is 1. The van der Waals surface area contributed by atoms with Crippen molar-refractivity contribution in [2.75, 3.05) is 29.5 Å². The molecule has 10 nitrogen and oxygen atoms in total. The first-order valence-electron chi connectivity index (χ1n) is 10.2. The van der Waals surface area contributed by atoms with Gasteiger partial charge in [0.15, 0.2) is 5.82 Å². The van der Waals surface area contributed by atoms with Crippen molar-refractivity contribution in [3.8, 4) is 6.07 Å². The molecular formula is C21H25BrFN7O3. The summed E-state index contributed by atoms with van der Waals surface area (Å²) in [5, 5.41) is 21.7. The number of unbranched alkanes of at least 4 members (excludes halogenated alkanes) is 1. The van der Waals surface area contributed by atoms with Crippen molar-refractivity contribution in [2.24, 2.45) is 5.92 Å². The van der Waals surface area contributed by atoms with Gasteiger partial charge in [-0.2, -0.15) is 10.2 Å². The van der Waals surface area contributed by atoms with Gasteiger partial charge in [-0.1, -0.05) is 13.8 Å². The lowest BCUT2D eigenvalue weighted by atomic mass is 10.2. The Hall–Kier alpha value is -3.46. The molecular weight excluding hydrogens is 497 g/mol. The summed E-state index contributed by atoms with van der Waals surface area (Å²) < 4.78 is 13.9. The predicted octanol–water partition coefficient (Wildman–Crippen LogP) is 3.89. The number of hydrazine groups is 1. The third-order valence-electron chi connectivity index (χ3n) is 4.33. The van der Waals surface area contributed by atoms with Gasteiger partial charge in [-0.15, -0.1) is 0 Å².